The van der Waals surface area contributed by atoms with Crippen molar-refractivity contribution in [2.45, 2.75) is 40.8 Å². The Morgan fingerprint density at radius 3 is 1.47 bits per heavy atom. The van der Waals surface area contributed by atoms with E-state index in [9.17, 15) is 0 Å². The van der Waals surface area contributed by atoms with Crippen LogP contribution in [-0.2, 0) is 21.7 Å². The van der Waals surface area contributed by atoms with Gasteiger partial charge in [-0.2, -0.15) is 28.3 Å². The summed E-state index contributed by atoms with van der Waals surface area (Å²) >= 11 is 0. The predicted octanol–water partition coefficient (Wildman–Crippen LogP) is 4.06. The second-order valence-corrected chi connectivity index (χ2v) is 4.49. The number of rotatable bonds is 0. The van der Waals surface area contributed by atoms with E-state index in [4.69, 9.17) is 0 Å². The molecule has 15 heavy (non-hydrogen) atoms. The first kappa shape index (κ1) is 24.5. The maximum Gasteiger partial charge on any atom is 3.00 e. The zero-order valence-electron chi connectivity index (χ0n) is 11.7. The van der Waals surface area contributed by atoms with Crippen LogP contribution >= 0.6 is 0 Å². The van der Waals surface area contributed by atoms with Crippen LogP contribution in [0.5, 0.6) is 0 Å². The molecule has 0 aliphatic rings. The average molecular weight is 258 g/mol. The van der Waals surface area contributed by atoms with Crippen molar-refractivity contribution in [1.29, 1.82) is 0 Å². The van der Waals surface area contributed by atoms with Gasteiger partial charge >= 0.3 is 21.7 Å². The molecular formula is C13H26SiTi. The molecule has 1 aromatic rings. The molecule has 0 aliphatic heterocycles. The van der Waals surface area contributed by atoms with Gasteiger partial charge in [-0.3, -0.25) is 0 Å². The van der Waals surface area contributed by atoms with Crippen molar-refractivity contribution in [3.8, 4) is 0 Å². The summed E-state index contributed by atoms with van der Waals surface area (Å²) in [5.41, 5.74) is 5.75. The second-order valence-electron chi connectivity index (χ2n) is 3.34. The van der Waals surface area contributed by atoms with E-state index in [1.54, 1.807) is 0 Å². The van der Waals surface area contributed by atoms with E-state index in [-0.39, 0.29) is 36.6 Å². The summed E-state index contributed by atoms with van der Waals surface area (Å²) < 4.78 is 0. The molecule has 0 saturated carbocycles. The maximum absolute atomic E-state index is 2.24. The second kappa shape index (κ2) is 12.4. The summed E-state index contributed by atoms with van der Waals surface area (Å²) in [5.74, 6) is 0. The Morgan fingerprint density at radius 2 is 1.40 bits per heavy atom. The fourth-order valence-electron chi connectivity index (χ4n) is 1.13. The molecule has 1 rings (SSSR count). The third-order valence-corrected chi connectivity index (χ3v) is 2.18. The third-order valence-electron chi connectivity index (χ3n) is 2.18. The van der Waals surface area contributed by atoms with Crippen LogP contribution in [0.15, 0.2) is 6.07 Å². The van der Waals surface area contributed by atoms with Gasteiger partial charge in [0, 0.05) is 9.52 Å². The predicted molar refractivity (Wildman–Crippen MR) is 72.7 cm³/mol. The monoisotopic (exact) mass is 258 g/mol. The van der Waals surface area contributed by atoms with Crippen LogP contribution in [-0.4, -0.2) is 9.52 Å². The molecule has 0 nitrogen and oxygen atoms in total. The zero-order chi connectivity index (χ0) is 9.72. The van der Waals surface area contributed by atoms with Crippen molar-refractivity contribution < 1.29 is 21.7 Å². The molecule has 0 unspecified atom stereocenters. The first-order chi connectivity index (χ1) is 5.54. The van der Waals surface area contributed by atoms with Crippen LogP contribution in [0.1, 0.15) is 22.3 Å². The molecule has 1 aromatic carbocycles. The summed E-state index contributed by atoms with van der Waals surface area (Å²) in [4.78, 5) is 0. The molecule has 2 radical (unpaired) electrons. The first-order valence-corrected chi connectivity index (χ1v) is 6.79. The van der Waals surface area contributed by atoms with Crippen LogP contribution in [0.2, 0.25) is 13.1 Å². The fraction of sp³-hybridized carbons (Fsp3) is 0.462. The molecule has 0 aromatic heterocycles. The van der Waals surface area contributed by atoms with Crippen molar-refractivity contribution in [3.05, 3.63) is 43.2 Å². The molecule has 0 amide bonds. The van der Waals surface area contributed by atoms with Gasteiger partial charge in [0.15, 0.2) is 0 Å². The Morgan fingerprint density at radius 1 is 1.07 bits per heavy atom. The summed E-state index contributed by atoms with van der Waals surface area (Å²) in [7, 11) is 0.750. The van der Waals surface area contributed by atoms with Gasteiger partial charge in [0.2, 0.25) is 0 Å². The van der Waals surface area contributed by atoms with E-state index in [1.807, 2.05) is 0 Å². The van der Waals surface area contributed by atoms with Gasteiger partial charge in [-0.05, 0) is 0 Å². The van der Waals surface area contributed by atoms with Crippen molar-refractivity contribution in [3.63, 3.8) is 0 Å². The molecule has 2 heteroatoms. The van der Waals surface area contributed by atoms with E-state index in [1.165, 1.54) is 22.3 Å². The quantitative estimate of drug-likeness (QED) is 0.486. The van der Waals surface area contributed by atoms with Crippen LogP contribution in [0, 0.1) is 42.5 Å². The van der Waals surface area contributed by atoms with Crippen LogP contribution in [0.25, 0.3) is 0 Å². The van der Waals surface area contributed by atoms with Crippen molar-refractivity contribution in [2.24, 2.45) is 0 Å². The van der Waals surface area contributed by atoms with Crippen LogP contribution in [0.4, 0.5) is 0 Å². The topological polar surface area (TPSA) is 0 Å². The molecule has 0 saturated heterocycles. The van der Waals surface area contributed by atoms with Gasteiger partial charge in [0.05, 0.1) is 0 Å². The van der Waals surface area contributed by atoms with Gasteiger partial charge in [-0.25, -0.2) is 0 Å². The minimum atomic E-state index is 0. The molecule has 0 fully saturated rings. The minimum Gasteiger partial charge on any atom is -0.358 e. The van der Waals surface area contributed by atoms with Gasteiger partial charge in [0.25, 0.3) is 0 Å². The molecule has 0 heterocycles. The summed E-state index contributed by atoms with van der Waals surface area (Å²) in [6.07, 6.45) is 0. The van der Waals surface area contributed by atoms with E-state index < -0.39 is 0 Å². The third kappa shape index (κ3) is 8.13. The van der Waals surface area contributed by atoms with Crippen molar-refractivity contribution in [1.82, 2.24) is 0 Å². The van der Waals surface area contributed by atoms with Gasteiger partial charge in [0.1, 0.15) is 0 Å². The molecule has 0 aliphatic carbocycles. The number of aryl methyl sites for hydroxylation is 2. The Hall–Kier alpha value is 0.281. The fourth-order valence-corrected chi connectivity index (χ4v) is 1.13. The van der Waals surface area contributed by atoms with Crippen LogP contribution < -0.4 is 0 Å². The summed E-state index contributed by atoms with van der Waals surface area (Å²) in [6, 6.07) is 2.24. The Bertz CT molecular complexity index is 216. The molecule has 0 spiro atoms. The smallest absolute Gasteiger partial charge is 0.358 e. The summed E-state index contributed by atoms with van der Waals surface area (Å²) in [5, 5.41) is 0. The average Bonchev–Trinajstić information content (AvgIpc) is 2.20. The molecule has 0 bridgehead atoms. The molecule has 0 atom stereocenters. The normalized spacial score (nSPS) is 7.33. The van der Waals surface area contributed by atoms with E-state index >= 15 is 0 Å². The first-order valence-electron chi connectivity index (χ1n) is 4.48. The summed E-state index contributed by atoms with van der Waals surface area (Å²) in [6.45, 7) is 13.1. The van der Waals surface area contributed by atoms with Crippen molar-refractivity contribution in [2.75, 3.05) is 0 Å². The van der Waals surface area contributed by atoms with Gasteiger partial charge in [-0.1, -0.05) is 40.8 Å². The maximum atomic E-state index is 2.24. The van der Waals surface area contributed by atoms with E-state index in [0.29, 0.717) is 0 Å². The molecule has 0 N–H and O–H groups in total. The standard InChI is InChI=1S/C9H13.C2H7Si.2CH3.Ti/c1-6-5-7(2)9(4)8(6)3;1-3-2;;;/h5H,1-4H3;3H,1-2H3;2*1H3;/q-1;;2*-1;+3. The van der Waals surface area contributed by atoms with Crippen molar-refractivity contribution >= 4 is 9.52 Å². The number of hydrogen-bond acceptors (Lipinski definition) is 0. The number of hydrogen-bond donors (Lipinski definition) is 0. The van der Waals surface area contributed by atoms with Gasteiger partial charge < -0.3 is 14.9 Å². The zero-order valence-corrected chi connectivity index (χ0v) is 14.4. The SMILES string of the molecule is C[SiH]C.Cc1c[c-](C)c(C)c1C.[CH3-].[CH3-].[Ti+3]. The Balaban J connectivity index is -0.0000000917. The largest absolute Gasteiger partial charge is 3.00 e. The van der Waals surface area contributed by atoms with Crippen LogP contribution in [0.3, 0.4) is 0 Å². The molecule has 86 valence electrons. The minimum absolute atomic E-state index is 0. The Labute approximate surface area is 115 Å². The van der Waals surface area contributed by atoms with Gasteiger partial charge in [-0.15, -0.1) is 0 Å². The van der Waals surface area contributed by atoms with E-state index in [0.717, 1.165) is 9.52 Å². The Kier molecular flexibility index (Phi) is 20.2. The molecular weight excluding hydrogens is 232 g/mol. The van der Waals surface area contributed by atoms with E-state index in [2.05, 4.69) is 46.9 Å².